The molecular formula is C27H34N2O4. The Hall–Kier alpha value is -2.81. The largest absolute Gasteiger partial charge is 0.497 e. The molecule has 33 heavy (non-hydrogen) atoms. The predicted octanol–water partition coefficient (Wildman–Crippen LogP) is 3.82. The number of rotatable bonds is 7. The van der Waals surface area contributed by atoms with Crippen LogP contribution in [0.15, 0.2) is 24.3 Å². The molecule has 6 heteroatoms. The summed E-state index contributed by atoms with van der Waals surface area (Å²) in [5.41, 5.74) is -0.550. The van der Waals surface area contributed by atoms with Crippen molar-refractivity contribution in [3.63, 3.8) is 0 Å². The molecule has 0 aromatic heterocycles. The van der Waals surface area contributed by atoms with Crippen LogP contribution < -0.4 is 4.74 Å². The van der Waals surface area contributed by atoms with E-state index in [0.29, 0.717) is 11.3 Å². The topological polar surface area (TPSA) is 66.9 Å². The van der Waals surface area contributed by atoms with Crippen molar-refractivity contribution >= 4 is 17.7 Å². The number of benzene rings is 1. The lowest BCUT2D eigenvalue weighted by molar-refractivity contribution is -0.145. The maximum absolute atomic E-state index is 14.0. The van der Waals surface area contributed by atoms with E-state index in [1.165, 1.54) is 11.3 Å². The summed E-state index contributed by atoms with van der Waals surface area (Å²) in [5, 5.41) is 0. The average Bonchev–Trinajstić information content (AvgIpc) is 3.44. The smallest absolute Gasteiger partial charge is 0.241 e. The molecule has 3 fully saturated rings. The first-order valence-corrected chi connectivity index (χ1v) is 12.2. The zero-order valence-electron chi connectivity index (χ0n) is 19.6. The molecule has 1 aliphatic heterocycles. The second kappa shape index (κ2) is 9.99. The first-order chi connectivity index (χ1) is 16.0. The summed E-state index contributed by atoms with van der Waals surface area (Å²) in [6.45, 7) is 0.228. The number of methoxy groups -OCH3 is 1. The van der Waals surface area contributed by atoms with Crippen molar-refractivity contribution in [2.24, 2.45) is 0 Å². The van der Waals surface area contributed by atoms with Gasteiger partial charge in [0.05, 0.1) is 19.1 Å². The Bertz CT molecular complexity index is 940. The molecule has 176 valence electrons. The third kappa shape index (κ3) is 4.51. The number of likely N-dealkylation sites (tertiary alicyclic amines) is 1. The molecule has 0 N–H and O–H groups in total. The van der Waals surface area contributed by atoms with E-state index < -0.39 is 5.41 Å². The van der Waals surface area contributed by atoms with Crippen LogP contribution in [0, 0.1) is 12.3 Å². The van der Waals surface area contributed by atoms with Crippen LogP contribution in [-0.4, -0.2) is 53.3 Å². The van der Waals surface area contributed by atoms with Crippen LogP contribution in [0.3, 0.4) is 0 Å². The zero-order chi connectivity index (χ0) is 23.4. The van der Waals surface area contributed by atoms with Gasteiger partial charge in [-0.1, -0.05) is 50.2 Å². The Morgan fingerprint density at radius 1 is 1.15 bits per heavy atom. The van der Waals surface area contributed by atoms with Gasteiger partial charge in [0.25, 0.3) is 0 Å². The molecule has 1 atom stereocenters. The third-order valence-electron chi connectivity index (χ3n) is 7.71. The molecule has 2 saturated carbocycles. The number of carbonyl (C=O) groups excluding carboxylic acids is 3. The van der Waals surface area contributed by atoms with E-state index in [2.05, 4.69) is 5.92 Å². The molecule has 1 aromatic rings. The fourth-order valence-corrected chi connectivity index (χ4v) is 5.95. The highest BCUT2D eigenvalue weighted by Gasteiger charge is 2.56. The van der Waals surface area contributed by atoms with E-state index in [0.717, 1.165) is 51.4 Å². The Labute approximate surface area is 196 Å². The van der Waals surface area contributed by atoms with Gasteiger partial charge in [0.1, 0.15) is 5.75 Å². The van der Waals surface area contributed by atoms with E-state index in [9.17, 15) is 14.4 Å². The highest BCUT2D eigenvalue weighted by Crippen LogP contribution is 2.44. The molecule has 0 radical (unpaired) electrons. The number of hydrogen-bond donors (Lipinski definition) is 0. The fraction of sp³-hybridized carbons (Fsp3) is 0.593. The summed E-state index contributed by atoms with van der Waals surface area (Å²) >= 11 is 0. The van der Waals surface area contributed by atoms with E-state index in [1.807, 2.05) is 18.2 Å². The van der Waals surface area contributed by atoms with Gasteiger partial charge in [0.2, 0.25) is 17.7 Å². The Kier molecular flexibility index (Phi) is 7.07. The van der Waals surface area contributed by atoms with Gasteiger partial charge in [-0.05, 0) is 43.4 Å². The van der Waals surface area contributed by atoms with Crippen LogP contribution in [0.25, 0.3) is 0 Å². The summed E-state index contributed by atoms with van der Waals surface area (Å²) in [6, 6.07) is 7.29. The van der Waals surface area contributed by atoms with Crippen molar-refractivity contribution in [2.45, 2.75) is 88.1 Å². The van der Waals surface area contributed by atoms with Crippen LogP contribution in [0.4, 0.5) is 0 Å². The minimum atomic E-state index is -1.22. The molecule has 1 saturated heterocycles. The Balaban J connectivity index is 1.70. The van der Waals surface area contributed by atoms with Crippen molar-refractivity contribution in [3.05, 3.63) is 29.8 Å². The van der Waals surface area contributed by atoms with Crippen molar-refractivity contribution in [3.8, 4) is 18.1 Å². The molecule has 3 amide bonds. The number of imide groups is 1. The molecule has 0 bridgehead atoms. The van der Waals surface area contributed by atoms with Gasteiger partial charge in [-0.25, -0.2) is 0 Å². The summed E-state index contributed by atoms with van der Waals surface area (Å²) < 4.78 is 5.40. The SMILES string of the molecule is C#CCN(C(=O)C[C@]1(c2cccc(OC)c2)CC(=O)N(C2CCCC2)C1=O)C1CCCCC1. The molecule has 0 unspecified atom stereocenters. The highest BCUT2D eigenvalue weighted by atomic mass is 16.5. The molecule has 4 rings (SSSR count). The maximum atomic E-state index is 14.0. The van der Waals surface area contributed by atoms with Gasteiger partial charge in [0.15, 0.2) is 0 Å². The summed E-state index contributed by atoms with van der Waals surface area (Å²) in [6.07, 6.45) is 14.5. The Morgan fingerprint density at radius 2 is 1.85 bits per heavy atom. The second-order valence-electron chi connectivity index (χ2n) is 9.69. The van der Waals surface area contributed by atoms with Crippen molar-refractivity contribution in [2.75, 3.05) is 13.7 Å². The van der Waals surface area contributed by atoms with Crippen LogP contribution >= 0.6 is 0 Å². The van der Waals surface area contributed by atoms with Gasteiger partial charge >= 0.3 is 0 Å². The van der Waals surface area contributed by atoms with E-state index >= 15 is 0 Å². The average molecular weight is 451 g/mol. The van der Waals surface area contributed by atoms with Crippen molar-refractivity contribution in [1.82, 2.24) is 9.80 Å². The number of amides is 3. The van der Waals surface area contributed by atoms with Crippen molar-refractivity contribution < 1.29 is 19.1 Å². The number of nitrogens with zero attached hydrogens (tertiary/aromatic N) is 2. The van der Waals surface area contributed by atoms with E-state index in [1.54, 1.807) is 18.1 Å². The van der Waals surface area contributed by atoms with Gasteiger partial charge in [0, 0.05) is 24.9 Å². The van der Waals surface area contributed by atoms with Gasteiger partial charge in [-0.15, -0.1) is 6.42 Å². The number of terminal acetylenes is 1. The molecule has 0 spiro atoms. The monoisotopic (exact) mass is 450 g/mol. The fourth-order valence-electron chi connectivity index (χ4n) is 5.95. The minimum absolute atomic E-state index is 0.00972. The number of hydrogen-bond acceptors (Lipinski definition) is 4. The van der Waals surface area contributed by atoms with Gasteiger partial charge in [-0.3, -0.25) is 19.3 Å². The van der Waals surface area contributed by atoms with Gasteiger partial charge in [-0.2, -0.15) is 0 Å². The zero-order valence-corrected chi connectivity index (χ0v) is 19.6. The summed E-state index contributed by atoms with van der Waals surface area (Å²) in [5.74, 6) is 2.68. The van der Waals surface area contributed by atoms with E-state index in [-0.39, 0.29) is 49.2 Å². The first kappa shape index (κ1) is 23.4. The molecule has 2 aliphatic carbocycles. The summed E-state index contributed by atoms with van der Waals surface area (Å²) in [4.78, 5) is 44.1. The third-order valence-corrected chi connectivity index (χ3v) is 7.71. The van der Waals surface area contributed by atoms with Crippen LogP contribution in [0.2, 0.25) is 0 Å². The number of carbonyl (C=O) groups is 3. The lowest BCUT2D eigenvalue weighted by atomic mass is 9.75. The maximum Gasteiger partial charge on any atom is 0.241 e. The first-order valence-electron chi connectivity index (χ1n) is 12.2. The molecule has 3 aliphatic rings. The summed E-state index contributed by atoms with van der Waals surface area (Å²) in [7, 11) is 1.57. The second-order valence-corrected chi connectivity index (χ2v) is 9.69. The standard InChI is InChI=1S/C27H34N2O4/c1-3-16-28(21-11-5-4-6-12-21)24(30)18-27(20-10-9-15-23(17-20)33-2)19-25(31)29(26(27)32)22-13-7-8-14-22/h1,9-10,15,17,21-22H,4-8,11-14,16,18-19H2,2H3/t27-/m1/s1. The van der Waals surface area contributed by atoms with E-state index in [4.69, 9.17) is 11.2 Å². The highest BCUT2D eigenvalue weighted by molar-refractivity contribution is 6.11. The predicted molar refractivity (Wildman–Crippen MR) is 125 cm³/mol. The molecule has 1 aromatic carbocycles. The molecule has 6 nitrogen and oxygen atoms in total. The molecule has 1 heterocycles. The minimum Gasteiger partial charge on any atom is -0.497 e. The number of ether oxygens (including phenoxy) is 1. The van der Waals surface area contributed by atoms with Crippen LogP contribution in [0.1, 0.15) is 76.2 Å². The van der Waals surface area contributed by atoms with Crippen molar-refractivity contribution in [1.29, 1.82) is 0 Å². The van der Waals surface area contributed by atoms with Crippen LogP contribution in [0.5, 0.6) is 5.75 Å². The van der Waals surface area contributed by atoms with Crippen LogP contribution in [-0.2, 0) is 19.8 Å². The quantitative estimate of drug-likeness (QED) is 0.468. The lowest BCUT2D eigenvalue weighted by Crippen LogP contribution is -2.48. The molecular weight excluding hydrogens is 416 g/mol. The Morgan fingerprint density at radius 3 is 2.52 bits per heavy atom. The lowest BCUT2D eigenvalue weighted by Gasteiger charge is -2.36. The normalized spacial score (nSPS) is 24.2. The van der Waals surface area contributed by atoms with Gasteiger partial charge < -0.3 is 9.64 Å².